The molecule has 0 saturated carbocycles. The molecule has 0 fully saturated rings. The molecule has 2 aromatic carbocycles. The topological polar surface area (TPSA) is 116 Å². The van der Waals surface area contributed by atoms with Gasteiger partial charge in [-0.1, -0.05) is 47.5 Å². The lowest BCUT2D eigenvalue weighted by Gasteiger charge is -2.24. The molecule has 2 heterocycles. The number of para-hydroxylation sites is 1. The van der Waals surface area contributed by atoms with Crippen LogP contribution in [0.5, 0.6) is 0 Å². The number of halogens is 2. The summed E-state index contributed by atoms with van der Waals surface area (Å²) in [6.07, 6.45) is -0.201. The van der Waals surface area contributed by atoms with Gasteiger partial charge in [-0.15, -0.1) is 0 Å². The molecule has 1 aromatic heterocycles. The number of aromatic nitrogens is 2. The number of hydrogen-bond donors (Lipinski definition) is 4. The first kappa shape index (κ1) is 19.9. The summed E-state index contributed by atoms with van der Waals surface area (Å²) in [5, 5.41) is 8.59. The van der Waals surface area contributed by atoms with Crippen LogP contribution >= 0.6 is 23.2 Å². The third-order valence-corrected chi connectivity index (χ3v) is 5.33. The minimum atomic E-state index is -1.04. The standard InChI is InChI=1S/C20H15Cl2N5O3/c21-12-7-4-8-13(16(12)22)24-18(29)11-9-14(28)25-17-15(11)19(30)27-20(26-17)23-10-5-2-1-3-6-10/h1-8,11H,9H2,(H,24,29)(H3,23,25,26,27,28,30). The quantitative estimate of drug-likeness (QED) is 0.488. The van der Waals surface area contributed by atoms with Crippen molar-refractivity contribution >= 4 is 58.2 Å². The number of nitrogens with one attached hydrogen (secondary N) is 4. The van der Waals surface area contributed by atoms with Crippen LogP contribution in [0, 0.1) is 0 Å². The minimum absolute atomic E-state index is 0.0331. The van der Waals surface area contributed by atoms with Crippen LogP contribution in [0.2, 0.25) is 10.0 Å². The fourth-order valence-corrected chi connectivity index (χ4v) is 3.48. The molecule has 1 aliphatic heterocycles. The zero-order valence-corrected chi connectivity index (χ0v) is 16.8. The van der Waals surface area contributed by atoms with Gasteiger partial charge in [0.1, 0.15) is 5.82 Å². The number of nitrogens with zero attached hydrogens (tertiary/aromatic N) is 1. The fourth-order valence-electron chi connectivity index (χ4n) is 3.13. The number of rotatable bonds is 4. The molecule has 10 heteroatoms. The highest BCUT2D eigenvalue weighted by Gasteiger charge is 2.35. The van der Waals surface area contributed by atoms with Crippen molar-refractivity contribution in [2.75, 3.05) is 16.0 Å². The van der Waals surface area contributed by atoms with Crippen molar-refractivity contribution in [2.24, 2.45) is 0 Å². The van der Waals surface area contributed by atoms with E-state index in [2.05, 4.69) is 25.9 Å². The maximum absolute atomic E-state index is 12.9. The smallest absolute Gasteiger partial charge is 0.258 e. The number of fused-ring (bicyclic) bond motifs is 1. The van der Waals surface area contributed by atoms with Crippen molar-refractivity contribution in [3.63, 3.8) is 0 Å². The largest absolute Gasteiger partial charge is 0.326 e. The maximum atomic E-state index is 12.9. The van der Waals surface area contributed by atoms with Crippen LogP contribution in [0.15, 0.2) is 53.3 Å². The van der Waals surface area contributed by atoms with Crippen LogP contribution in [0.1, 0.15) is 17.9 Å². The Kier molecular flexibility index (Phi) is 5.43. The number of anilines is 4. The average Bonchev–Trinajstić information content (AvgIpc) is 2.71. The molecule has 8 nitrogen and oxygen atoms in total. The molecule has 0 radical (unpaired) electrons. The third kappa shape index (κ3) is 4.00. The second-order valence-electron chi connectivity index (χ2n) is 6.56. The molecule has 1 aliphatic rings. The summed E-state index contributed by atoms with van der Waals surface area (Å²) in [6.45, 7) is 0. The van der Waals surface area contributed by atoms with Crippen molar-refractivity contribution in [3.05, 3.63) is 74.5 Å². The summed E-state index contributed by atoms with van der Waals surface area (Å²) in [6, 6.07) is 13.9. The van der Waals surface area contributed by atoms with Gasteiger partial charge in [0.05, 0.1) is 27.2 Å². The highest BCUT2D eigenvalue weighted by atomic mass is 35.5. The van der Waals surface area contributed by atoms with Crippen molar-refractivity contribution in [1.29, 1.82) is 0 Å². The van der Waals surface area contributed by atoms with Gasteiger partial charge >= 0.3 is 0 Å². The lowest BCUT2D eigenvalue weighted by molar-refractivity contribution is -0.123. The highest BCUT2D eigenvalue weighted by Crippen LogP contribution is 2.33. The SMILES string of the molecule is O=C1CC(C(=O)Nc2cccc(Cl)c2Cl)c2c(nc(Nc3ccccc3)[nH]c2=O)N1. The number of H-pyrrole nitrogens is 1. The first-order valence-electron chi connectivity index (χ1n) is 8.93. The predicted octanol–water partition coefficient (Wildman–Crippen LogP) is 3.88. The molecule has 0 saturated heterocycles. The number of amides is 2. The Morgan fingerprint density at radius 2 is 1.83 bits per heavy atom. The zero-order chi connectivity index (χ0) is 21.3. The van der Waals surface area contributed by atoms with Gasteiger partial charge in [-0.05, 0) is 24.3 Å². The van der Waals surface area contributed by atoms with E-state index in [0.717, 1.165) is 0 Å². The van der Waals surface area contributed by atoms with Gasteiger partial charge in [0.15, 0.2) is 0 Å². The Morgan fingerprint density at radius 1 is 1.07 bits per heavy atom. The lowest BCUT2D eigenvalue weighted by Crippen LogP contribution is -2.36. The highest BCUT2D eigenvalue weighted by molar-refractivity contribution is 6.44. The zero-order valence-electron chi connectivity index (χ0n) is 15.3. The van der Waals surface area contributed by atoms with E-state index >= 15 is 0 Å². The Labute approximate surface area is 180 Å². The molecule has 0 bridgehead atoms. The molecule has 0 spiro atoms. The van der Waals surface area contributed by atoms with E-state index in [1.165, 1.54) is 0 Å². The van der Waals surface area contributed by atoms with Gasteiger partial charge in [0.2, 0.25) is 17.8 Å². The number of hydrogen-bond acceptors (Lipinski definition) is 5. The van der Waals surface area contributed by atoms with Gasteiger partial charge in [0, 0.05) is 12.1 Å². The molecule has 0 aliphatic carbocycles. The van der Waals surface area contributed by atoms with Gasteiger partial charge in [-0.2, -0.15) is 4.98 Å². The molecule has 4 rings (SSSR count). The molecule has 1 atom stereocenters. The van der Waals surface area contributed by atoms with E-state index in [9.17, 15) is 14.4 Å². The number of benzene rings is 2. The molecule has 152 valence electrons. The van der Waals surface area contributed by atoms with Crippen molar-refractivity contribution in [3.8, 4) is 0 Å². The Bertz CT molecular complexity index is 1200. The van der Waals surface area contributed by atoms with Crippen molar-refractivity contribution in [2.45, 2.75) is 12.3 Å². The number of carbonyl (C=O) groups excluding carboxylic acids is 2. The van der Waals surface area contributed by atoms with Gasteiger partial charge in [-0.25, -0.2) is 0 Å². The van der Waals surface area contributed by atoms with Crippen LogP contribution in [0.3, 0.4) is 0 Å². The molecule has 30 heavy (non-hydrogen) atoms. The van der Waals surface area contributed by atoms with Crippen LogP contribution in [0.4, 0.5) is 23.1 Å². The summed E-state index contributed by atoms with van der Waals surface area (Å²) >= 11 is 12.1. The van der Waals surface area contributed by atoms with Gasteiger partial charge < -0.3 is 16.0 Å². The van der Waals surface area contributed by atoms with E-state index in [-0.39, 0.29) is 39.5 Å². The summed E-state index contributed by atoms with van der Waals surface area (Å²) < 4.78 is 0. The summed E-state index contributed by atoms with van der Waals surface area (Å²) in [7, 11) is 0. The Balaban J connectivity index is 1.66. The lowest BCUT2D eigenvalue weighted by atomic mass is 9.92. The molecule has 4 N–H and O–H groups in total. The fraction of sp³-hybridized carbons (Fsp3) is 0.100. The maximum Gasteiger partial charge on any atom is 0.258 e. The Hall–Kier alpha value is -3.36. The van der Waals surface area contributed by atoms with Crippen LogP contribution in [-0.4, -0.2) is 21.8 Å². The van der Waals surface area contributed by atoms with Crippen LogP contribution in [0.25, 0.3) is 0 Å². The number of carbonyl (C=O) groups is 2. The van der Waals surface area contributed by atoms with Crippen molar-refractivity contribution < 1.29 is 9.59 Å². The second-order valence-corrected chi connectivity index (χ2v) is 7.35. The van der Waals surface area contributed by atoms with E-state index in [1.807, 2.05) is 18.2 Å². The first-order chi connectivity index (χ1) is 14.4. The molecule has 1 unspecified atom stereocenters. The monoisotopic (exact) mass is 443 g/mol. The normalized spacial score (nSPS) is 15.1. The molecular formula is C20H15Cl2N5O3. The van der Waals surface area contributed by atoms with Crippen LogP contribution in [-0.2, 0) is 9.59 Å². The van der Waals surface area contributed by atoms with E-state index in [0.29, 0.717) is 5.69 Å². The third-order valence-electron chi connectivity index (χ3n) is 4.51. The summed E-state index contributed by atoms with van der Waals surface area (Å²) in [5.74, 6) is -1.85. The summed E-state index contributed by atoms with van der Waals surface area (Å²) in [5.41, 5.74) is 0.528. The first-order valence-corrected chi connectivity index (χ1v) is 9.69. The predicted molar refractivity (Wildman–Crippen MR) is 116 cm³/mol. The van der Waals surface area contributed by atoms with Crippen molar-refractivity contribution in [1.82, 2.24) is 9.97 Å². The molecule has 3 aromatic rings. The van der Waals surface area contributed by atoms with Crippen LogP contribution < -0.4 is 21.5 Å². The average molecular weight is 444 g/mol. The van der Waals surface area contributed by atoms with E-state index in [1.54, 1.807) is 30.3 Å². The van der Waals surface area contributed by atoms with E-state index < -0.39 is 23.3 Å². The van der Waals surface area contributed by atoms with E-state index in [4.69, 9.17) is 23.2 Å². The number of aromatic amines is 1. The minimum Gasteiger partial charge on any atom is -0.326 e. The second kappa shape index (κ2) is 8.17. The summed E-state index contributed by atoms with van der Waals surface area (Å²) in [4.78, 5) is 44.7. The van der Waals surface area contributed by atoms with Gasteiger partial charge in [-0.3, -0.25) is 19.4 Å². The van der Waals surface area contributed by atoms with Gasteiger partial charge in [0.25, 0.3) is 5.56 Å². The molecular weight excluding hydrogens is 429 g/mol. The molecule has 2 amide bonds. The Morgan fingerprint density at radius 3 is 2.60 bits per heavy atom.